The average Bonchev–Trinajstić information content (AvgIpc) is 2.49. The molecule has 1 atom stereocenters. The Kier molecular flexibility index (Phi) is 5.97. The van der Waals surface area contributed by atoms with Crippen LogP contribution in [0.1, 0.15) is 35.5 Å². The number of rotatable bonds is 6. The highest BCUT2D eigenvalue weighted by atomic mass is 32.2. The van der Waals surface area contributed by atoms with Crippen LogP contribution >= 0.6 is 11.8 Å². The zero-order valence-electron chi connectivity index (χ0n) is 14.0. The van der Waals surface area contributed by atoms with Crippen LogP contribution in [0.2, 0.25) is 0 Å². The Morgan fingerprint density at radius 2 is 1.83 bits per heavy atom. The second-order valence-electron chi connectivity index (χ2n) is 5.59. The highest BCUT2D eigenvalue weighted by Gasteiger charge is 2.11. The third-order valence-corrected chi connectivity index (χ3v) is 4.52. The summed E-state index contributed by atoms with van der Waals surface area (Å²) >= 11 is 1.40. The smallest absolute Gasteiger partial charge is 0.230 e. The fraction of sp³-hybridized carbons (Fsp3) is 0.375. The van der Waals surface area contributed by atoms with Gasteiger partial charge in [-0.1, -0.05) is 18.2 Å². The number of hydrogen-bond acceptors (Lipinski definition) is 7. The number of nitrogens with two attached hydrogens (primary N) is 2. The Bertz CT molecular complexity index is 716. The van der Waals surface area contributed by atoms with Crippen molar-refractivity contribution in [1.82, 2.24) is 20.3 Å². The van der Waals surface area contributed by atoms with Crippen molar-refractivity contribution < 1.29 is 4.79 Å². The molecule has 5 N–H and O–H groups in total. The molecule has 0 fully saturated rings. The van der Waals surface area contributed by atoms with Gasteiger partial charge in [-0.25, -0.2) is 0 Å². The predicted octanol–water partition coefficient (Wildman–Crippen LogP) is 1.76. The molecule has 1 amide bonds. The fourth-order valence-corrected chi connectivity index (χ4v) is 2.84. The van der Waals surface area contributed by atoms with Gasteiger partial charge in [-0.15, -0.1) is 11.8 Å². The monoisotopic (exact) mass is 346 g/mol. The molecule has 128 valence electrons. The maximum Gasteiger partial charge on any atom is 0.230 e. The molecule has 1 aromatic heterocycles. The zero-order chi connectivity index (χ0) is 17.7. The lowest BCUT2D eigenvalue weighted by Crippen LogP contribution is -2.28. The van der Waals surface area contributed by atoms with Crippen molar-refractivity contribution in [3.63, 3.8) is 0 Å². The van der Waals surface area contributed by atoms with E-state index in [2.05, 4.69) is 46.2 Å². The van der Waals surface area contributed by atoms with Crippen LogP contribution in [-0.2, 0) is 10.5 Å². The third-order valence-electron chi connectivity index (χ3n) is 3.59. The van der Waals surface area contributed by atoms with Gasteiger partial charge >= 0.3 is 0 Å². The van der Waals surface area contributed by atoms with Gasteiger partial charge in [0, 0.05) is 0 Å². The molecule has 0 radical (unpaired) electrons. The standard InChI is InChI=1S/C16H22N6OS/c1-9-4-5-12(6-10(9)2)11(3)19-14(23)8-24-7-13-20-15(17)22-16(18)21-13/h4-6,11H,7-8H2,1-3H3,(H,19,23)(H4,17,18,20,21,22). The Morgan fingerprint density at radius 1 is 1.17 bits per heavy atom. The van der Waals surface area contributed by atoms with Gasteiger partial charge in [0.25, 0.3) is 0 Å². The number of carbonyl (C=O) groups excluding carboxylic acids is 1. The Labute approximate surface area is 145 Å². The number of hydrogen-bond donors (Lipinski definition) is 3. The minimum Gasteiger partial charge on any atom is -0.368 e. The van der Waals surface area contributed by atoms with Crippen LogP contribution in [0.3, 0.4) is 0 Å². The molecule has 0 saturated carbocycles. The van der Waals surface area contributed by atoms with E-state index in [0.29, 0.717) is 17.3 Å². The van der Waals surface area contributed by atoms with Crippen LogP contribution in [0, 0.1) is 13.8 Å². The van der Waals surface area contributed by atoms with Gasteiger partial charge in [-0.05, 0) is 37.5 Å². The minimum absolute atomic E-state index is 0.0409. The molecule has 7 nitrogen and oxygen atoms in total. The van der Waals surface area contributed by atoms with Crippen molar-refractivity contribution in [3.05, 3.63) is 40.7 Å². The number of benzene rings is 1. The first kappa shape index (κ1) is 18.0. The van der Waals surface area contributed by atoms with E-state index in [9.17, 15) is 4.79 Å². The van der Waals surface area contributed by atoms with E-state index >= 15 is 0 Å². The third kappa shape index (κ3) is 5.09. The van der Waals surface area contributed by atoms with Gasteiger partial charge in [-0.2, -0.15) is 15.0 Å². The summed E-state index contributed by atoms with van der Waals surface area (Å²) in [4.78, 5) is 23.7. The summed E-state index contributed by atoms with van der Waals surface area (Å²) < 4.78 is 0. The highest BCUT2D eigenvalue weighted by molar-refractivity contribution is 7.99. The topological polar surface area (TPSA) is 120 Å². The van der Waals surface area contributed by atoms with Gasteiger partial charge in [-0.3, -0.25) is 4.79 Å². The number of nitrogens with zero attached hydrogens (tertiary/aromatic N) is 3. The number of thioether (sulfide) groups is 1. The van der Waals surface area contributed by atoms with E-state index in [4.69, 9.17) is 11.5 Å². The quantitative estimate of drug-likeness (QED) is 0.729. The van der Waals surface area contributed by atoms with Gasteiger partial charge < -0.3 is 16.8 Å². The molecule has 1 heterocycles. The Morgan fingerprint density at radius 3 is 2.46 bits per heavy atom. The van der Waals surface area contributed by atoms with E-state index in [1.165, 1.54) is 22.9 Å². The maximum absolute atomic E-state index is 12.1. The summed E-state index contributed by atoms with van der Waals surface area (Å²) in [6.45, 7) is 6.11. The largest absolute Gasteiger partial charge is 0.368 e. The van der Waals surface area contributed by atoms with Gasteiger partial charge in [0.2, 0.25) is 17.8 Å². The summed E-state index contributed by atoms with van der Waals surface area (Å²) in [5.41, 5.74) is 14.6. The molecule has 1 unspecified atom stereocenters. The number of amides is 1. The molecule has 0 aliphatic carbocycles. The average molecular weight is 346 g/mol. The van der Waals surface area contributed by atoms with Crippen molar-refractivity contribution in [2.24, 2.45) is 0 Å². The van der Waals surface area contributed by atoms with Crippen LogP contribution < -0.4 is 16.8 Å². The molecule has 0 saturated heterocycles. The second-order valence-corrected chi connectivity index (χ2v) is 6.58. The van der Waals surface area contributed by atoms with Crippen molar-refractivity contribution in [2.75, 3.05) is 17.2 Å². The fourth-order valence-electron chi connectivity index (χ4n) is 2.16. The molecule has 0 aliphatic rings. The zero-order valence-corrected chi connectivity index (χ0v) is 14.9. The molecule has 0 aliphatic heterocycles. The van der Waals surface area contributed by atoms with Crippen LogP contribution in [0.25, 0.3) is 0 Å². The first-order valence-corrected chi connectivity index (χ1v) is 8.71. The van der Waals surface area contributed by atoms with E-state index < -0.39 is 0 Å². The van der Waals surface area contributed by atoms with Crippen molar-refractivity contribution in [1.29, 1.82) is 0 Å². The normalized spacial score (nSPS) is 12.0. The van der Waals surface area contributed by atoms with E-state index in [1.807, 2.05) is 13.0 Å². The molecule has 2 rings (SSSR count). The first-order valence-electron chi connectivity index (χ1n) is 7.55. The predicted molar refractivity (Wildman–Crippen MR) is 97.3 cm³/mol. The first-order chi connectivity index (χ1) is 11.3. The lowest BCUT2D eigenvalue weighted by molar-refractivity contribution is -0.119. The van der Waals surface area contributed by atoms with Crippen molar-refractivity contribution >= 4 is 29.6 Å². The lowest BCUT2D eigenvalue weighted by atomic mass is 10.0. The molecule has 8 heteroatoms. The molecule has 24 heavy (non-hydrogen) atoms. The number of nitrogens with one attached hydrogen (secondary N) is 1. The van der Waals surface area contributed by atoms with Gasteiger partial charge in [0.15, 0.2) is 0 Å². The number of anilines is 2. The minimum atomic E-state index is -0.0410. The SMILES string of the molecule is Cc1ccc(C(C)NC(=O)CSCc2nc(N)nc(N)n2)cc1C. The number of nitrogen functional groups attached to an aromatic ring is 2. The number of carbonyl (C=O) groups is 1. The van der Waals surface area contributed by atoms with E-state index in [-0.39, 0.29) is 23.8 Å². The van der Waals surface area contributed by atoms with Crippen molar-refractivity contribution in [2.45, 2.75) is 32.6 Å². The summed E-state index contributed by atoms with van der Waals surface area (Å²) in [7, 11) is 0. The van der Waals surface area contributed by atoms with Crippen molar-refractivity contribution in [3.8, 4) is 0 Å². The van der Waals surface area contributed by atoms with Crippen LogP contribution in [0.5, 0.6) is 0 Å². The number of aryl methyl sites for hydroxylation is 2. The summed E-state index contributed by atoms with van der Waals surface area (Å²) in [5.74, 6) is 1.36. The van der Waals surface area contributed by atoms with Crippen LogP contribution in [0.15, 0.2) is 18.2 Å². The Hall–Kier alpha value is -2.35. The summed E-state index contributed by atoms with van der Waals surface area (Å²) in [5, 5.41) is 2.99. The van der Waals surface area contributed by atoms with E-state index in [1.54, 1.807) is 0 Å². The second kappa shape index (κ2) is 7.96. The van der Waals surface area contributed by atoms with Gasteiger partial charge in [0.05, 0.1) is 17.5 Å². The maximum atomic E-state index is 12.1. The highest BCUT2D eigenvalue weighted by Crippen LogP contribution is 2.17. The molecule has 0 spiro atoms. The lowest BCUT2D eigenvalue weighted by Gasteiger charge is -2.15. The van der Waals surface area contributed by atoms with E-state index in [0.717, 1.165) is 5.56 Å². The van der Waals surface area contributed by atoms with Gasteiger partial charge in [0.1, 0.15) is 5.82 Å². The molecular weight excluding hydrogens is 324 g/mol. The molecule has 2 aromatic rings. The number of aromatic nitrogens is 3. The summed E-state index contributed by atoms with van der Waals surface area (Å²) in [6.07, 6.45) is 0. The van der Waals surface area contributed by atoms with Crippen LogP contribution in [0.4, 0.5) is 11.9 Å². The Balaban J connectivity index is 1.83. The van der Waals surface area contributed by atoms with Crippen LogP contribution in [-0.4, -0.2) is 26.6 Å². The molecule has 0 bridgehead atoms. The molecular formula is C16H22N6OS. The molecule has 1 aromatic carbocycles. The summed E-state index contributed by atoms with van der Waals surface area (Å²) in [6, 6.07) is 6.17.